The molecule has 0 aliphatic carbocycles. The molecular weight excluding hydrogens is 272 g/mol. The first kappa shape index (κ1) is 15.0. The van der Waals surface area contributed by atoms with Gasteiger partial charge < -0.3 is 14.4 Å². The van der Waals surface area contributed by atoms with Crippen LogP contribution in [0.5, 0.6) is 5.75 Å². The number of hydrogen-bond acceptors (Lipinski definition) is 5. The quantitative estimate of drug-likeness (QED) is 0.880. The van der Waals surface area contributed by atoms with Crippen molar-refractivity contribution < 1.29 is 19.2 Å². The van der Waals surface area contributed by atoms with Gasteiger partial charge in [-0.15, -0.1) is 0 Å². The van der Waals surface area contributed by atoms with Gasteiger partial charge >= 0.3 is 5.97 Å². The van der Waals surface area contributed by atoms with E-state index in [0.29, 0.717) is 28.9 Å². The predicted octanol–water partition coefficient (Wildman–Crippen LogP) is 2.85. The van der Waals surface area contributed by atoms with E-state index < -0.39 is 5.97 Å². The first-order valence-electron chi connectivity index (χ1n) is 6.74. The lowest BCUT2D eigenvalue weighted by molar-refractivity contribution is 0.0695. The van der Waals surface area contributed by atoms with Gasteiger partial charge in [0.1, 0.15) is 5.75 Å². The average molecular weight is 290 g/mol. The Bertz CT molecular complexity index is 634. The molecule has 1 aromatic carbocycles. The zero-order valence-electron chi connectivity index (χ0n) is 12.3. The molecule has 0 bridgehead atoms. The standard InChI is InChI=1S/C15H18N2O4/c1-9(2)7-14-16-13(17-21-14)8-20-12-6-4-5-11(10(12)3)15(18)19/h4-6,9H,7-8H2,1-3H3,(H,18,19). The van der Waals surface area contributed by atoms with Crippen molar-refractivity contribution in [3.8, 4) is 5.75 Å². The Morgan fingerprint density at radius 3 is 2.86 bits per heavy atom. The van der Waals surface area contributed by atoms with Gasteiger partial charge in [0.15, 0.2) is 6.61 Å². The van der Waals surface area contributed by atoms with E-state index in [1.807, 2.05) is 0 Å². The summed E-state index contributed by atoms with van der Waals surface area (Å²) in [6.07, 6.45) is 0.723. The van der Waals surface area contributed by atoms with Gasteiger partial charge in [-0.05, 0) is 25.0 Å². The van der Waals surface area contributed by atoms with Crippen LogP contribution in [0.15, 0.2) is 22.7 Å². The van der Waals surface area contributed by atoms with Crippen molar-refractivity contribution in [3.05, 3.63) is 41.0 Å². The molecule has 1 N–H and O–H groups in total. The highest BCUT2D eigenvalue weighted by Crippen LogP contribution is 2.22. The normalized spacial score (nSPS) is 10.9. The van der Waals surface area contributed by atoms with E-state index in [-0.39, 0.29) is 12.2 Å². The monoisotopic (exact) mass is 290 g/mol. The second-order valence-electron chi connectivity index (χ2n) is 5.22. The van der Waals surface area contributed by atoms with Gasteiger partial charge in [0.05, 0.1) is 5.56 Å². The number of hydrogen-bond donors (Lipinski definition) is 1. The number of benzene rings is 1. The molecule has 1 aromatic heterocycles. The van der Waals surface area contributed by atoms with Crippen molar-refractivity contribution >= 4 is 5.97 Å². The van der Waals surface area contributed by atoms with Crippen molar-refractivity contribution in [2.75, 3.05) is 0 Å². The number of ether oxygens (including phenoxy) is 1. The van der Waals surface area contributed by atoms with Gasteiger partial charge in [-0.2, -0.15) is 4.98 Å². The van der Waals surface area contributed by atoms with E-state index >= 15 is 0 Å². The van der Waals surface area contributed by atoms with E-state index in [1.165, 1.54) is 0 Å². The highest BCUT2D eigenvalue weighted by molar-refractivity contribution is 5.90. The van der Waals surface area contributed by atoms with Crippen molar-refractivity contribution in [3.63, 3.8) is 0 Å². The van der Waals surface area contributed by atoms with E-state index in [9.17, 15) is 4.79 Å². The summed E-state index contributed by atoms with van der Waals surface area (Å²) < 4.78 is 10.7. The Balaban J connectivity index is 2.05. The van der Waals surface area contributed by atoms with Crippen LogP contribution in [0.4, 0.5) is 0 Å². The molecule has 21 heavy (non-hydrogen) atoms. The van der Waals surface area contributed by atoms with Gasteiger partial charge in [-0.25, -0.2) is 4.79 Å². The zero-order valence-corrected chi connectivity index (χ0v) is 12.3. The van der Waals surface area contributed by atoms with Crippen molar-refractivity contribution in [1.82, 2.24) is 10.1 Å². The molecule has 6 nitrogen and oxygen atoms in total. The molecule has 0 spiro atoms. The maximum atomic E-state index is 11.1. The minimum absolute atomic E-state index is 0.144. The van der Waals surface area contributed by atoms with Crippen LogP contribution in [-0.2, 0) is 13.0 Å². The number of carboxylic acid groups (broad SMARTS) is 1. The Kier molecular flexibility index (Phi) is 4.57. The molecule has 0 unspecified atom stereocenters. The van der Waals surface area contributed by atoms with E-state index in [0.717, 1.165) is 6.42 Å². The third kappa shape index (κ3) is 3.81. The number of aromatic nitrogens is 2. The largest absolute Gasteiger partial charge is 0.485 e. The van der Waals surface area contributed by atoms with E-state index in [4.69, 9.17) is 14.4 Å². The Morgan fingerprint density at radius 1 is 1.43 bits per heavy atom. The van der Waals surface area contributed by atoms with Crippen LogP contribution in [0.1, 0.15) is 41.5 Å². The van der Waals surface area contributed by atoms with Gasteiger partial charge in [0, 0.05) is 12.0 Å². The zero-order chi connectivity index (χ0) is 15.4. The van der Waals surface area contributed by atoms with Crippen molar-refractivity contribution in [2.45, 2.75) is 33.8 Å². The summed E-state index contributed by atoms with van der Waals surface area (Å²) in [5.74, 6) is 1.00. The van der Waals surface area contributed by atoms with Crippen LogP contribution in [0.3, 0.4) is 0 Å². The Hall–Kier alpha value is -2.37. The molecule has 0 saturated heterocycles. The van der Waals surface area contributed by atoms with E-state index in [2.05, 4.69) is 24.0 Å². The number of aromatic carboxylic acids is 1. The number of carboxylic acids is 1. The molecule has 2 aromatic rings. The van der Waals surface area contributed by atoms with Crippen LogP contribution in [-0.4, -0.2) is 21.2 Å². The number of nitrogens with zero attached hydrogens (tertiary/aromatic N) is 2. The minimum atomic E-state index is -0.975. The molecule has 2 rings (SSSR count). The highest BCUT2D eigenvalue weighted by atomic mass is 16.5. The second kappa shape index (κ2) is 6.39. The predicted molar refractivity (Wildman–Crippen MR) is 75.3 cm³/mol. The molecular formula is C15H18N2O4. The van der Waals surface area contributed by atoms with Gasteiger partial charge in [0.25, 0.3) is 0 Å². The summed E-state index contributed by atoms with van der Waals surface area (Å²) in [5.41, 5.74) is 0.803. The summed E-state index contributed by atoms with van der Waals surface area (Å²) in [5, 5.41) is 12.9. The first-order chi connectivity index (χ1) is 9.97. The maximum Gasteiger partial charge on any atom is 0.336 e. The van der Waals surface area contributed by atoms with Gasteiger partial charge in [0.2, 0.25) is 11.7 Å². The lowest BCUT2D eigenvalue weighted by Gasteiger charge is -2.08. The number of rotatable bonds is 6. The fourth-order valence-corrected chi connectivity index (χ4v) is 1.93. The summed E-state index contributed by atoms with van der Waals surface area (Å²) in [7, 11) is 0. The molecule has 0 atom stereocenters. The molecule has 6 heteroatoms. The highest BCUT2D eigenvalue weighted by Gasteiger charge is 2.13. The third-order valence-electron chi connectivity index (χ3n) is 2.96. The lowest BCUT2D eigenvalue weighted by Crippen LogP contribution is -2.04. The molecule has 0 aliphatic heterocycles. The van der Waals surface area contributed by atoms with E-state index in [1.54, 1.807) is 25.1 Å². The van der Waals surface area contributed by atoms with Crippen LogP contribution >= 0.6 is 0 Å². The molecule has 112 valence electrons. The van der Waals surface area contributed by atoms with Crippen LogP contribution in [0.2, 0.25) is 0 Å². The Morgan fingerprint density at radius 2 is 2.19 bits per heavy atom. The number of carbonyl (C=O) groups is 1. The maximum absolute atomic E-state index is 11.1. The topological polar surface area (TPSA) is 85.5 Å². The minimum Gasteiger partial charge on any atom is -0.485 e. The lowest BCUT2D eigenvalue weighted by atomic mass is 10.1. The molecule has 0 aliphatic rings. The second-order valence-corrected chi connectivity index (χ2v) is 5.22. The summed E-state index contributed by atoms with van der Waals surface area (Å²) in [4.78, 5) is 15.3. The van der Waals surface area contributed by atoms with Crippen molar-refractivity contribution in [2.24, 2.45) is 5.92 Å². The molecule has 0 fully saturated rings. The van der Waals surface area contributed by atoms with Crippen LogP contribution in [0.25, 0.3) is 0 Å². The van der Waals surface area contributed by atoms with Crippen LogP contribution < -0.4 is 4.74 Å². The van der Waals surface area contributed by atoms with Gasteiger partial charge in [-0.1, -0.05) is 25.1 Å². The summed E-state index contributed by atoms with van der Waals surface area (Å²) in [6.45, 7) is 5.99. The SMILES string of the molecule is Cc1c(OCc2noc(CC(C)C)n2)cccc1C(=O)O. The van der Waals surface area contributed by atoms with Crippen molar-refractivity contribution in [1.29, 1.82) is 0 Å². The summed E-state index contributed by atoms with van der Waals surface area (Å²) in [6, 6.07) is 4.91. The molecule has 0 amide bonds. The van der Waals surface area contributed by atoms with Crippen LogP contribution in [0, 0.1) is 12.8 Å². The molecule has 0 radical (unpaired) electrons. The molecule has 1 heterocycles. The third-order valence-corrected chi connectivity index (χ3v) is 2.96. The average Bonchev–Trinajstić information content (AvgIpc) is 2.84. The first-order valence-corrected chi connectivity index (χ1v) is 6.74. The smallest absolute Gasteiger partial charge is 0.336 e. The fourth-order valence-electron chi connectivity index (χ4n) is 1.93. The van der Waals surface area contributed by atoms with Gasteiger partial charge in [-0.3, -0.25) is 0 Å². The fraction of sp³-hybridized carbons (Fsp3) is 0.400. The summed E-state index contributed by atoms with van der Waals surface area (Å²) >= 11 is 0. The Labute approximate surface area is 122 Å². The molecule has 0 saturated carbocycles.